The molecule has 17 heavy (non-hydrogen) atoms. The number of carbonyl (C=O) groups excluding carboxylic acids is 1. The van der Waals surface area contributed by atoms with Gasteiger partial charge in [-0.05, 0) is 24.8 Å². The van der Waals surface area contributed by atoms with Crippen molar-refractivity contribution < 1.29 is 9.90 Å². The minimum Gasteiger partial charge on any atom is -0.545 e. The van der Waals surface area contributed by atoms with Crippen LogP contribution in [0.15, 0.2) is 12.2 Å². The largest absolute Gasteiger partial charge is 0.545 e. The Kier molecular flexibility index (Phi) is 11.1. The summed E-state index contributed by atoms with van der Waals surface area (Å²) in [6, 6.07) is 0. The topological polar surface area (TPSA) is 40.1 Å². The maximum atomic E-state index is 10.1. The lowest BCUT2D eigenvalue weighted by Crippen LogP contribution is -2.18. The molecule has 0 aliphatic rings. The Balaban J connectivity index is 3.06. The zero-order chi connectivity index (χ0) is 12.9. The third kappa shape index (κ3) is 15.2. The van der Waals surface area contributed by atoms with Gasteiger partial charge in [-0.15, -0.1) is 0 Å². The lowest BCUT2D eigenvalue weighted by Gasteiger charge is -2.04. The lowest BCUT2D eigenvalue weighted by molar-refractivity contribution is -0.297. The number of carboxylic acids is 1. The van der Waals surface area contributed by atoms with E-state index in [1.165, 1.54) is 44.9 Å². The van der Waals surface area contributed by atoms with E-state index in [0.717, 1.165) is 24.8 Å². The first-order chi connectivity index (χ1) is 8.13. The predicted molar refractivity (Wildman–Crippen MR) is 70.5 cm³/mol. The van der Waals surface area contributed by atoms with E-state index in [4.69, 9.17) is 0 Å². The van der Waals surface area contributed by atoms with Crippen molar-refractivity contribution in [3.8, 4) is 0 Å². The van der Waals surface area contributed by atoms with Crippen molar-refractivity contribution in [3.05, 3.63) is 12.2 Å². The molecule has 0 heterocycles. The predicted octanol–water partition coefficient (Wildman–Crippen LogP) is 3.46. The Hall–Kier alpha value is -0.790. The van der Waals surface area contributed by atoms with Crippen LogP contribution in [0.5, 0.6) is 0 Å². The van der Waals surface area contributed by atoms with Crippen LogP contribution in [0.3, 0.4) is 0 Å². The summed E-state index contributed by atoms with van der Waals surface area (Å²) < 4.78 is 0. The van der Waals surface area contributed by atoms with E-state index < -0.39 is 5.97 Å². The maximum absolute atomic E-state index is 10.1. The van der Waals surface area contributed by atoms with Crippen LogP contribution in [0.1, 0.15) is 71.6 Å². The fourth-order valence-electron chi connectivity index (χ4n) is 1.88. The van der Waals surface area contributed by atoms with Gasteiger partial charge in [0.1, 0.15) is 0 Å². The molecule has 0 aromatic heterocycles. The molecule has 0 aliphatic carbocycles. The molecule has 0 atom stereocenters. The zero-order valence-corrected chi connectivity index (χ0v) is 11.4. The molecule has 100 valence electrons. The van der Waals surface area contributed by atoms with Crippen molar-refractivity contribution in [2.75, 3.05) is 0 Å². The molecule has 0 saturated carbocycles. The highest BCUT2D eigenvalue weighted by molar-refractivity contribution is 5.77. The fraction of sp³-hybridized carbons (Fsp3) is 0.800. The summed E-state index contributed by atoms with van der Waals surface area (Å²) in [6.45, 7) is 4.56. The van der Waals surface area contributed by atoms with E-state index >= 15 is 0 Å². The second-order valence-electron chi connectivity index (χ2n) is 5.17. The van der Waals surface area contributed by atoms with Crippen molar-refractivity contribution in [3.63, 3.8) is 0 Å². The van der Waals surface area contributed by atoms with Crippen LogP contribution in [0.4, 0.5) is 0 Å². The normalized spacial score (nSPS) is 11.5. The SMILES string of the molecule is CC(C)CCCCCCCCC/C=C/C(=O)[O-]. The summed E-state index contributed by atoms with van der Waals surface area (Å²) in [5.41, 5.74) is 0. The molecule has 0 saturated heterocycles. The molecule has 0 aromatic carbocycles. The molecule has 0 rings (SSSR count). The van der Waals surface area contributed by atoms with E-state index in [0.29, 0.717) is 0 Å². The van der Waals surface area contributed by atoms with Crippen molar-refractivity contribution >= 4 is 5.97 Å². The first-order valence-electron chi connectivity index (χ1n) is 7.00. The lowest BCUT2D eigenvalue weighted by atomic mass is 10.0. The summed E-state index contributed by atoms with van der Waals surface area (Å²) in [4.78, 5) is 10.1. The molecule has 2 nitrogen and oxygen atoms in total. The van der Waals surface area contributed by atoms with Gasteiger partial charge in [0.05, 0.1) is 5.97 Å². The third-order valence-corrected chi connectivity index (χ3v) is 2.91. The molecule has 0 bridgehead atoms. The van der Waals surface area contributed by atoms with Gasteiger partial charge in [0.15, 0.2) is 0 Å². The van der Waals surface area contributed by atoms with Gasteiger partial charge in [0, 0.05) is 0 Å². The quantitative estimate of drug-likeness (QED) is 0.409. The summed E-state index contributed by atoms with van der Waals surface area (Å²) in [5.74, 6) is -0.249. The van der Waals surface area contributed by atoms with Crippen LogP contribution in [0.2, 0.25) is 0 Å². The Morgan fingerprint density at radius 2 is 1.53 bits per heavy atom. The standard InChI is InChI=1S/C15H28O2/c1-14(2)12-10-8-6-4-3-5-7-9-11-13-15(16)17/h11,13-14H,3-10,12H2,1-2H3,(H,16,17)/p-1/b13-11+. The van der Waals surface area contributed by atoms with Gasteiger partial charge >= 0.3 is 0 Å². The highest BCUT2D eigenvalue weighted by Crippen LogP contribution is 2.12. The first kappa shape index (κ1) is 16.2. The molecule has 2 heteroatoms. The molecule has 0 unspecified atom stereocenters. The molecule has 0 aliphatic heterocycles. The Morgan fingerprint density at radius 3 is 2.06 bits per heavy atom. The van der Waals surface area contributed by atoms with Crippen LogP contribution in [-0.2, 0) is 4.79 Å². The molecule has 0 radical (unpaired) electrons. The first-order valence-corrected chi connectivity index (χ1v) is 7.00. The van der Waals surface area contributed by atoms with E-state index in [9.17, 15) is 9.90 Å². The number of hydrogen-bond acceptors (Lipinski definition) is 2. The van der Waals surface area contributed by atoms with Gasteiger partial charge in [-0.1, -0.05) is 64.9 Å². The Morgan fingerprint density at radius 1 is 1.00 bits per heavy atom. The van der Waals surface area contributed by atoms with Gasteiger partial charge in [-0.25, -0.2) is 0 Å². The second-order valence-corrected chi connectivity index (χ2v) is 5.17. The van der Waals surface area contributed by atoms with Crippen molar-refractivity contribution in [2.45, 2.75) is 71.6 Å². The van der Waals surface area contributed by atoms with Crippen molar-refractivity contribution in [2.24, 2.45) is 5.92 Å². The zero-order valence-electron chi connectivity index (χ0n) is 11.4. The van der Waals surface area contributed by atoms with Crippen molar-refractivity contribution in [1.82, 2.24) is 0 Å². The van der Waals surface area contributed by atoms with Gasteiger partial charge in [-0.3, -0.25) is 0 Å². The summed E-state index contributed by atoms with van der Waals surface area (Å²) in [6.07, 6.45) is 14.0. The monoisotopic (exact) mass is 239 g/mol. The smallest absolute Gasteiger partial charge is 0.0639 e. The van der Waals surface area contributed by atoms with Gasteiger partial charge in [-0.2, -0.15) is 0 Å². The van der Waals surface area contributed by atoms with Crippen LogP contribution >= 0.6 is 0 Å². The number of unbranched alkanes of at least 4 members (excludes halogenated alkanes) is 7. The summed E-state index contributed by atoms with van der Waals surface area (Å²) in [5, 5.41) is 10.1. The Labute approximate surface area is 106 Å². The molecule has 0 amide bonds. The second kappa shape index (κ2) is 11.7. The van der Waals surface area contributed by atoms with Gasteiger partial charge < -0.3 is 9.90 Å². The van der Waals surface area contributed by atoms with Crippen LogP contribution in [-0.4, -0.2) is 5.97 Å². The molecule has 0 spiro atoms. The number of aliphatic carboxylic acids is 1. The summed E-state index contributed by atoms with van der Waals surface area (Å²) >= 11 is 0. The molecular formula is C15H27O2-. The average molecular weight is 239 g/mol. The third-order valence-electron chi connectivity index (χ3n) is 2.91. The Bertz CT molecular complexity index is 207. The number of carboxylic acid groups (broad SMARTS) is 1. The van der Waals surface area contributed by atoms with Crippen LogP contribution < -0.4 is 5.11 Å². The summed E-state index contributed by atoms with van der Waals surface area (Å²) in [7, 11) is 0. The van der Waals surface area contributed by atoms with Gasteiger partial charge in [0.2, 0.25) is 0 Å². The van der Waals surface area contributed by atoms with Crippen molar-refractivity contribution in [1.29, 1.82) is 0 Å². The van der Waals surface area contributed by atoms with E-state index in [1.807, 2.05) is 0 Å². The van der Waals surface area contributed by atoms with E-state index in [-0.39, 0.29) is 0 Å². The van der Waals surface area contributed by atoms with E-state index in [1.54, 1.807) is 6.08 Å². The van der Waals surface area contributed by atoms with Gasteiger partial charge in [0.25, 0.3) is 0 Å². The highest BCUT2D eigenvalue weighted by Gasteiger charge is 1.94. The number of allylic oxidation sites excluding steroid dienone is 1. The number of rotatable bonds is 11. The van der Waals surface area contributed by atoms with Crippen LogP contribution in [0, 0.1) is 5.92 Å². The molecule has 0 aromatic rings. The molecular weight excluding hydrogens is 212 g/mol. The maximum Gasteiger partial charge on any atom is 0.0639 e. The van der Waals surface area contributed by atoms with Crippen LogP contribution in [0.25, 0.3) is 0 Å². The molecule has 0 fully saturated rings. The average Bonchev–Trinajstić information content (AvgIpc) is 2.25. The highest BCUT2D eigenvalue weighted by atomic mass is 16.4. The number of carbonyl (C=O) groups is 1. The minimum atomic E-state index is -1.09. The minimum absolute atomic E-state index is 0.838. The van der Waals surface area contributed by atoms with E-state index in [2.05, 4.69) is 13.8 Å². The number of hydrogen-bond donors (Lipinski definition) is 0. The molecule has 0 N–H and O–H groups in total. The fourth-order valence-corrected chi connectivity index (χ4v) is 1.88.